The van der Waals surface area contributed by atoms with Crippen LogP contribution in [0, 0.1) is 11.7 Å². The Balaban J connectivity index is 2.14. The second-order valence-corrected chi connectivity index (χ2v) is 5.10. The molecule has 20 heavy (non-hydrogen) atoms. The zero-order chi connectivity index (χ0) is 14.3. The van der Waals surface area contributed by atoms with Crippen LogP contribution in [0.2, 0.25) is 0 Å². The van der Waals surface area contributed by atoms with Gasteiger partial charge in [0.05, 0.1) is 0 Å². The first kappa shape index (κ1) is 12.7. The van der Waals surface area contributed by atoms with Gasteiger partial charge in [0.25, 0.3) is 11.3 Å². The minimum atomic E-state index is -0.160. The van der Waals surface area contributed by atoms with Crippen LogP contribution in [0.3, 0.4) is 0 Å². The molecule has 0 aliphatic carbocycles. The quantitative estimate of drug-likeness (QED) is 0.723. The van der Waals surface area contributed by atoms with Gasteiger partial charge in [0.15, 0.2) is 0 Å². The summed E-state index contributed by atoms with van der Waals surface area (Å²) >= 11 is 5.10. The van der Waals surface area contributed by atoms with Crippen molar-refractivity contribution < 1.29 is 0 Å². The van der Waals surface area contributed by atoms with Gasteiger partial charge < -0.3 is 0 Å². The number of hydrogen-bond acceptors (Lipinski definition) is 4. The number of fused-ring (bicyclic) bond motifs is 1. The summed E-state index contributed by atoms with van der Waals surface area (Å²) in [5.41, 5.74) is 2.50. The number of H-pyrrole nitrogens is 1. The summed E-state index contributed by atoms with van der Waals surface area (Å²) in [6.45, 7) is 2.03. The molecule has 0 spiro atoms. The summed E-state index contributed by atoms with van der Waals surface area (Å²) in [7, 11) is 1.66. The normalized spacial score (nSPS) is 11.1. The Morgan fingerprint density at radius 3 is 2.70 bits per heavy atom. The van der Waals surface area contributed by atoms with Gasteiger partial charge in [0.1, 0.15) is 5.69 Å². The van der Waals surface area contributed by atoms with Crippen LogP contribution in [0.15, 0.2) is 29.1 Å². The van der Waals surface area contributed by atoms with E-state index >= 15 is 0 Å². The Morgan fingerprint density at radius 1 is 1.30 bits per heavy atom. The van der Waals surface area contributed by atoms with E-state index in [1.54, 1.807) is 7.05 Å². The number of nitrogens with zero attached hydrogens (tertiary/aromatic N) is 4. The lowest BCUT2D eigenvalue weighted by atomic mass is 10.1. The monoisotopic (exact) mass is 287 g/mol. The fourth-order valence-electron chi connectivity index (χ4n) is 2.05. The smallest absolute Gasteiger partial charge is 0.276 e. The van der Waals surface area contributed by atoms with Crippen molar-refractivity contribution in [1.82, 2.24) is 24.4 Å². The lowest BCUT2D eigenvalue weighted by Crippen LogP contribution is -2.26. The first-order chi connectivity index (χ1) is 9.56. The fraction of sp³-hybridized carbons (Fsp3) is 0.231. The third-order valence-electron chi connectivity index (χ3n) is 3.20. The number of aromatic amines is 1. The van der Waals surface area contributed by atoms with Gasteiger partial charge in [0, 0.05) is 13.5 Å². The molecule has 3 rings (SSSR count). The molecule has 2 heterocycles. The Labute approximate surface area is 119 Å². The predicted octanol–water partition coefficient (Wildman–Crippen LogP) is 1.38. The molecule has 2 aromatic heterocycles. The van der Waals surface area contributed by atoms with Gasteiger partial charge in [-0.3, -0.25) is 9.36 Å². The van der Waals surface area contributed by atoms with E-state index in [1.807, 2.05) is 31.2 Å². The Bertz CT molecular complexity index is 888. The molecule has 1 aromatic carbocycles. The van der Waals surface area contributed by atoms with Crippen molar-refractivity contribution in [2.45, 2.75) is 13.3 Å². The molecular weight excluding hydrogens is 274 g/mol. The van der Waals surface area contributed by atoms with Crippen molar-refractivity contribution in [2.75, 3.05) is 0 Å². The average Bonchev–Trinajstić information content (AvgIpc) is 2.80. The molecule has 7 heteroatoms. The lowest BCUT2D eigenvalue weighted by molar-refractivity contribution is 0.734. The highest BCUT2D eigenvalue weighted by molar-refractivity contribution is 7.71. The van der Waals surface area contributed by atoms with Gasteiger partial charge >= 0.3 is 0 Å². The van der Waals surface area contributed by atoms with Crippen molar-refractivity contribution in [1.29, 1.82) is 0 Å². The number of nitrogens with one attached hydrogen (secondary N) is 1. The predicted molar refractivity (Wildman–Crippen MR) is 77.4 cm³/mol. The second kappa shape index (κ2) is 4.68. The van der Waals surface area contributed by atoms with Crippen LogP contribution in [0.1, 0.15) is 16.8 Å². The molecule has 0 unspecified atom stereocenters. The second-order valence-electron chi connectivity index (χ2n) is 4.71. The van der Waals surface area contributed by atoms with Crippen LogP contribution < -0.4 is 5.56 Å². The third-order valence-corrected chi connectivity index (χ3v) is 3.46. The number of hydrogen-bond donors (Lipinski definition) is 1. The largest absolute Gasteiger partial charge is 0.277 e. The summed E-state index contributed by atoms with van der Waals surface area (Å²) in [5.74, 6) is 0.410. The fourth-order valence-corrected chi connectivity index (χ4v) is 2.22. The minimum Gasteiger partial charge on any atom is -0.277 e. The first-order valence-corrected chi connectivity index (χ1v) is 6.56. The number of rotatable bonds is 2. The van der Waals surface area contributed by atoms with Crippen LogP contribution >= 0.6 is 12.2 Å². The number of aromatic nitrogens is 5. The van der Waals surface area contributed by atoms with E-state index in [2.05, 4.69) is 15.3 Å². The average molecular weight is 287 g/mol. The van der Waals surface area contributed by atoms with Gasteiger partial charge in [-0.15, -0.1) is 5.10 Å². The van der Waals surface area contributed by atoms with Crippen LogP contribution in [-0.4, -0.2) is 24.4 Å². The van der Waals surface area contributed by atoms with Crippen LogP contribution in [0.5, 0.6) is 0 Å². The molecule has 6 nitrogen and oxygen atoms in total. The summed E-state index contributed by atoms with van der Waals surface area (Å²) in [6, 6.07) is 8.02. The zero-order valence-corrected chi connectivity index (χ0v) is 11.9. The highest BCUT2D eigenvalue weighted by Gasteiger charge is 2.11. The molecule has 0 bridgehead atoms. The van der Waals surface area contributed by atoms with Crippen molar-refractivity contribution in [3.05, 3.63) is 56.2 Å². The van der Waals surface area contributed by atoms with E-state index in [0.29, 0.717) is 22.7 Å². The van der Waals surface area contributed by atoms with E-state index in [0.717, 1.165) is 5.56 Å². The minimum absolute atomic E-state index is 0.160. The van der Waals surface area contributed by atoms with E-state index in [1.165, 1.54) is 14.6 Å². The molecule has 0 aliphatic rings. The molecule has 0 saturated carbocycles. The molecule has 0 aliphatic heterocycles. The zero-order valence-electron chi connectivity index (χ0n) is 11.1. The molecular formula is C13H13N5OS. The molecule has 0 saturated heterocycles. The van der Waals surface area contributed by atoms with Crippen LogP contribution in [0.4, 0.5) is 0 Å². The maximum absolute atomic E-state index is 12.3. The Kier molecular flexibility index (Phi) is 2.98. The molecule has 102 valence electrons. The molecule has 0 amide bonds. The SMILES string of the molecule is Cc1ccc(Cc2nn3c(=S)[nH]nc3n(C)c2=O)cc1. The summed E-state index contributed by atoms with van der Waals surface area (Å²) in [4.78, 5) is 12.3. The summed E-state index contributed by atoms with van der Waals surface area (Å²) in [6.07, 6.45) is 0.468. The Morgan fingerprint density at radius 2 is 2.00 bits per heavy atom. The van der Waals surface area contributed by atoms with Gasteiger partial charge in [-0.1, -0.05) is 29.8 Å². The van der Waals surface area contributed by atoms with Crippen LogP contribution in [0.25, 0.3) is 5.78 Å². The molecule has 3 aromatic rings. The first-order valence-electron chi connectivity index (χ1n) is 6.15. The summed E-state index contributed by atoms with van der Waals surface area (Å²) < 4.78 is 3.30. The van der Waals surface area contributed by atoms with E-state index in [-0.39, 0.29) is 5.56 Å². The topological polar surface area (TPSA) is 68.0 Å². The molecule has 0 radical (unpaired) electrons. The van der Waals surface area contributed by atoms with Gasteiger partial charge in [0.2, 0.25) is 4.77 Å². The Hall–Kier alpha value is -2.28. The van der Waals surface area contributed by atoms with Crippen molar-refractivity contribution in [2.24, 2.45) is 7.05 Å². The van der Waals surface area contributed by atoms with Crippen LogP contribution in [-0.2, 0) is 13.5 Å². The lowest BCUT2D eigenvalue weighted by Gasteiger charge is -2.05. The van der Waals surface area contributed by atoms with Crippen molar-refractivity contribution in [3.63, 3.8) is 0 Å². The molecule has 1 N–H and O–H groups in total. The van der Waals surface area contributed by atoms with E-state index in [9.17, 15) is 4.79 Å². The van der Waals surface area contributed by atoms with E-state index in [4.69, 9.17) is 12.2 Å². The third kappa shape index (κ3) is 2.05. The van der Waals surface area contributed by atoms with E-state index < -0.39 is 0 Å². The number of aryl methyl sites for hydroxylation is 2. The van der Waals surface area contributed by atoms with Gasteiger partial charge in [-0.25, -0.2) is 5.10 Å². The standard InChI is InChI=1S/C13H13N5OS/c1-8-3-5-9(6-4-8)7-10-11(19)17(2)12-14-15-13(20)18(12)16-10/h3-6H,7H2,1-2H3,(H,15,20). The highest BCUT2D eigenvalue weighted by atomic mass is 32.1. The number of benzene rings is 1. The van der Waals surface area contributed by atoms with Gasteiger partial charge in [-0.2, -0.15) is 9.61 Å². The van der Waals surface area contributed by atoms with Crippen molar-refractivity contribution >= 4 is 18.0 Å². The molecule has 0 fully saturated rings. The van der Waals surface area contributed by atoms with Crippen molar-refractivity contribution in [3.8, 4) is 0 Å². The summed E-state index contributed by atoms with van der Waals surface area (Å²) in [5, 5.41) is 10.9. The maximum atomic E-state index is 12.3. The highest BCUT2D eigenvalue weighted by Crippen LogP contribution is 2.07. The molecule has 0 atom stereocenters. The maximum Gasteiger partial charge on any atom is 0.276 e. The van der Waals surface area contributed by atoms with Gasteiger partial charge in [-0.05, 0) is 24.7 Å².